The molecular weight excluding hydrogens is 295 g/mol. The average Bonchev–Trinajstić information content (AvgIpc) is 2.74. The molecule has 0 N–H and O–H groups in total. The third kappa shape index (κ3) is 3.56. The van der Waals surface area contributed by atoms with Gasteiger partial charge in [-0.25, -0.2) is 4.39 Å². The predicted molar refractivity (Wildman–Crippen MR) is 88.0 cm³/mol. The molecule has 2 fully saturated rings. The zero-order chi connectivity index (χ0) is 16.4. The maximum atomic E-state index is 13.1. The molecule has 2 aliphatic heterocycles. The van der Waals surface area contributed by atoms with Gasteiger partial charge in [-0.05, 0) is 63.9 Å². The van der Waals surface area contributed by atoms with E-state index >= 15 is 0 Å². The molecule has 1 aromatic carbocycles. The largest absolute Gasteiger partial charge is 0.363 e. The van der Waals surface area contributed by atoms with Crippen LogP contribution in [0.3, 0.4) is 0 Å². The Morgan fingerprint density at radius 3 is 2.61 bits per heavy atom. The van der Waals surface area contributed by atoms with Crippen LogP contribution < -0.4 is 4.90 Å². The van der Waals surface area contributed by atoms with Crippen LogP contribution in [0.2, 0.25) is 0 Å². The third-order valence-electron chi connectivity index (χ3n) is 5.05. The van der Waals surface area contributed by atoms with Crippen molar-refractivity contribution in [3.8, 4) is 0 Å². The summed E-state index contributed by atoms with van der Waals surface area (Å²) in [5.74, 6) is -0.335. The molecular formula is C18H25FN2O2. The SMILES string of the molecule is CC(C)N1CCCC2(CC1)CN(c1ccc(F)cc1)C(=O)CO2. The Morgan fingerprint density at radius 1 is 1.17 bits per heavy atom. The quantitative estimate of drug-likeness (QED) is 0.840. The normalized spacial score (nSPS) is 26.8. The topological polar surface area (TPSA) is 32.8 Å². The second kappa shape index (κ2) is 6.57. The molecule has 0 aromatic heterocycles. The molecule has 2 heterocycles. The molecule has 2 aliphatic rings. The highest BCUT2D eigenvalue weighted by molar-refractivity contribution is 5.95. The molecule has 2 saturated heterocycles. The lowest BCUT2D eigenvalue weighted by atomic mass is 9.92. The fourth-order valence-electron chi connectivity index (χ4n) is 3.58. The minimum absolute atomic E-state index is 0.0489. The van der Waals surface area contributed by atoms with Crippen molar-refractivity contribution < 1.29 is 13.9 Å². The van der Waals surface area contributed by atoms with Crippen molar-refractivity contribution >= 4 is 11.6 Å². The zero-order valence-electron chi connectivity index (χ0n) is 13.9. The van der Waals surface area contributed by atoms with E-state index in [0.717, 1.165) is 38.0 Å². The van der Waals surface area contributed by atoms with Crippen LogP contribution in [-0.2, 0) is 9.53 Å². The first-order valence-corrected chi connectivity index (χ1v) is 8.43. The maximum absolute atomic E-state index is 13.1. The van der Waals surface area contributed by atoms with Gasteiger partial charge >= 0.3 is 0 Å². The van der Waals surface area contributed by atoms with E-state index in [1.54, 1.807) is 17.0 Å². The number of rotatable bonds is 2. The number of ether oxygens (including phenoxy) is 1. The molecule has 23 heavy (non-hydrogen) atoms. The Hall–Kier alpha value is -1.46. The smallest absolute Gasteiger partial charge is 0.253 e. The second-order valence-corrected chi connectivity index (χ2v) is 6.91. The first-order chi connectivity index (χ1) is 11.0. The number of hydrogen-bond donors (Lipinski definition) is 0. The number of halogens is 1. The van der Waals surface area contributed by atoms with Crippen molar-refractivity contribution in [3.63, 3.8) is 0 Å². The minimum atomic E-state index is -0.286. The van der Waals surface area contributed by atoms with Gasteiger partial charge in [-0.1, -0.05) is 0 Å². The maximum Gasteiger partial charge on any atom is 0.253 e. The number of amides is 1. The highest BCUT2D eigenvalue weighted by atomic mass is 19.1. The zero-order valence-corrected chi connectivity index (χ0v) is 13.9. The van der Waals surface area contributed by atoms with Gasteiger partial charge in [-0.3, -0.25) is 4.79 Å². The summed E-state index contributed by atoms with van der Waals surface area (Å²) in [5, 5.41) is 0. The van der Waals surface area contributed by atoms with Crippen molar-refractivity contribution in [2.24, 2.45) is 0 Å². The van der Waals surface area contributed by atoms with Crippen LogP contribution in [-0.4, -0.2) is 48.7 Å². The lowest BCUT2D eigenvalue weighted by molar-refractivity contribution is -0.140. The summed E-state index contributed by atoms with van der Waals surface area (Å²) in [6.07, 6.45) is 2.96. The van der Waals surface area contributed by atoms with Crippen LogP contribution in [0.4, 0.5) is 10.1 Å². The number of hydrogen-bond acceptors (Lipinski definition) is 3. The monoisotopic (exact) mass is 320 g/mol. The molecule has 4 nitrogen and oxygen atoms in total. The number of likely N-dealkylation sites (tertiary alicyclic amines) is 1. The summed E-state index contributed by atoms with van der Waals surface area (Å²) in [5.41, 5.74) is 0.482. The van der Waals surface area contributed by atoms with Gasteiger partial charge in [0.15, 0.2) is 0 Å². The Bertz CT molecular complexity index is 561. The van der Waals surface area contributed by atoms with E-state index < -0.39 is 0 Å². The van der Waals surface area contributed by atoms with Gasteiger partial charge in [0.2, 0.25) is 0 Å². The van der Waals surface area contributed by atoms with Gasteiger partial charge in [0.1, 0.15) is 12.4 Å². The van der Waals surface area contributed by atoms with E-state index in [-0.39, 0.29) is 23.9 Å². The number of benzene rings is 1. The number of carbonyl (C=O) groups is 1. The van der Waals surface area contributed by atoms with Crippen LogP contribution in [0, 0.1) is 5.82 Å². The minimum Gasteiger partial charge on any atom is -0.363 e. The van der Waals surface area contributed by atoms with Gasteiger partial charge in [0.05, 0.1) is 12.1 Å². The molecule has 1 atom stereocenters. The Balaban J connectivity index is 1.76. The van der Waals surface area contributed by atoms with Crippen LogP contribution in [0.5, 0.6) is 0 Å². The summed E-state index contributed by atoms with van der Waals surface area (Å²) in [6, 6.07) is 6.67. The van der Waals surface area contributed by atoms with Crippen molar-refractivity contribution in [3.05, 3.63) is 30.1 Å². The number of morpholine rings is 1. The van der Waals surface area contributed by atoms with Crippen LogP contribution in [0.25, 0.3) is 0 Å². The standard InChI is InChI=1S/C18H25FN2O2/c1-14(2)20-10-3-8-18(9-11-20)13-21(17(22)12-23-18)16-6-4-15(19)5-7-16/h4-7,14H,3,8-13H2,1-2H3. The Kier molecular flexibility index (Phi) is 4.69. The number of carbonyl (C=O) groups excluding carboxylic acids is 1. The van der Waals surface area contributed by atoms with Crippen LogP contribution >= 0.6 is 0 Å². The van der Waals surface area contributed by atoms with E-state index in [0.29, 0.717) is 12.6 Å². The van der Waals surface area contributed by atoms with E-state index in [1.165, 1.54) is 12.1 Å². The van der Waals surface area contributed by atoms with E-state index in [1.807, 2.05) is 0 Å². The fourth-order valence-corrected chi connectivity index (χ4v) is 3.58. The Labute approximate surface area is 137 Å². The van der Waals surface area contributed by atoms with Gasteiger partial charge in [-0.15, -0.1) is 0 Å². The molecule has 3 rings (SSSR count). The van der Waals surface area contributed by atoms with Crippen molar-refractivity contribution in [1.29, 1.82) is 0 Å². The van der Waals surface area contributed by atoms with E-state index in [9.17, 15) is 9.18 Å². The van der Waals surface area contributed by atoms with E-state index in [4.69, 9.17) is 4.74 Å². The van der Waals surface area contributed by atoms with E-state index in [2.05, 4.69) is 18.7 Å². The molecule has 1 amide bonds. The first-order valence-electron chi connectivity index (χ1n) is 8.43. The lowest BCUT2D eigenvalue weighted by Crippen LogP contribution is -2.55. The van der Waals surface area contributed by atoms with Crippen molar-refractivity contribution in [1.82, 2.24) is 4.90 Å². The molecule has 0 aliphatic carbocycles. The summed E-state index contributed by atoms with van der Waals surface area (Å²) in [6.45, 7) is 7.17. The second-order valence-electron chi connectivity index (χ2n) is 6.91. The lowest BCUT2D eigenvalue weighted by Gasteiger charge is -2.42. The average molecular weight is 320 g/mol. The number of nitrogens with zero attached hydrogens (tertiary/aromatic N) is 2. The number of anilines is 1. The molecule has 5 heteroatoms. The summed E-state index contributed by atoms with van der Waals surface area (Å²) in [4.78, 5) is 16.5. The van der Waals surface area contributed by atoms with Crippen LogP contribution in [0.15, 0.2) is 24.3 Å². The molecule has 0 bridgehead atoms. The molecule has 126 valence electrons. The molecule has 0 saturated carbocycles. The van der Waals surface area contributed by atoms with Crippen molar-refractivity contribution in [2.45, 2.75) is 44.8 Å². The van der Waals surface area contributed by atoms with Crippen LogP contribution in [0.1, 0.15) is 33.1 Å². The molecule has 1 unspecified atom stereocenters. The summed E-state index contributed by atoms with van der Waals surface area (Å²) >= 11 is 0. The summed E-state index contributed by atoms with van der Waals surface area (Å²) in [7, 11) is 0. The van der Waals surface area contributed by atoms with Gasteiger partial charge in [0.25, 0.3) is 5.91 Å². The molecule has 0 radical (unpaired) electrons. The third-order valence-corrected chi connectivity index (χ3v) is 5.05. The van der Waals surface area contributed by atoms with Gasteiger partial charge in [-0.2, -0.15) is 0 Å². The highest BCUT2D eigenvalue weighted by Crippen LogP contribution is 2.33. The summed E-state index contributed by atoms with van der Waals surface area (Å²) < 4.78 is 19.1. The Morgan fingerprint density at radius 2 is 1.91 bits per heavy atom. The molecule has 1 aromatic rings. The fraction of sp³-hybridized carbons (Fsp3) is 0.611. The van der Waals surface area contributed by atoms with Gasteiger partial charge < -0.3 is 14.5 Å². The molecule has 1 spiro atoms. The highest BCUT2D eigenvalue weighted by Gasteiger charge is 2.41. The first kappa shape index (κ1) is 16.4. The van der Waals surface area contributed by atoms with Crippen molar-refractivity contribution in [2.75, 3.05) is 31.1 Å². The predicted octanol–water partition coefficient (Wildman–Crippen LogP) is 2.82. The van der Waals surface area contributed by atoms with Gasteiger partial charge in [0, 0.05) is 18.3 Å².